The number of halogens is 2. The number of hydrogen-bond donors (Lipinski definition) is 2. The molecule has 0 bridgehead atoms. The van der Waals surface area contributed by atoms with Crippen LogP contribution in [-0.2, 0) is 10.0 Å². The Morgan fingerprint density at radius 2 is 1.88 bits per heavy atom. The second kappa shape index (κ2) is 8.96. The number of pyridine rings is 1. The Morgan fingerprint density at radius 3 is 2.44 bits per heavy atom. The van der Waals surface area contributed by atoms with Gasteiger partial charge in [0, 0.05) is 24.4 Å². The van der Waals surface area contributed by atoms with Gasteiger partial charge in [-0.25, -0.2) is 13.1 Å². The average Bonchev–Trinajstić information content (AvgIpc) is 2.55. The van der Waals surface area contributed by atoms with E-state index in [9.17, 15) is 8.42 Å². The van der Waals surface area contributed by atoms with E-state index in [0.717, 1.165) is 6.42 Å². The van der Waals surface area contributed by atoms with E-state index in [1.54, 1.807) is 18.2 Å². The third kappa shape index (κ3) is 5.39. The fourth-order valence-electron chi connectivity index (χ4n) is 2.47. The molecule has 1 aromatic carbocycles. The van der Waals surface area contributed by atoms with Crippen LogP contribution in [0.2, 0.25) is 10.0 Å². The van der Waals surface area contributed by atoms with E-state index in [1.165, 1.54) is 18.3 Å². The maximum atomic E-state index is 12.5. The first-order valence-electron chi connectivity index (χ1n) is 7.92. The smallest absolute Gasteiger partial charge is 0.240 e. The lowest BCUT2D eigenvalue weighted by atomic mass is 10.1. The first-order chi connectivity index (χ1) is 11.9. The van der Waals surface area contributed by atoms with Crippen LogP contribution >= 0.6 is 23.2 Å². The molecule has 0 aliphatic heterocycles. The van der Waals surface area contributed by atoms with Crippen LogP contribution in [0, 0.1) is 0 Å². The van der Waals surface area contributed by atoms with Crippen LogP contribution in [0.25, 0.3) is 11.3 Å². The van der Waals surface area contributed by atoms with Crippen molar-refractivity contribution < 1.29 is 13.5 Å². The fourth-order valence-corrected chi connectivity index (χ4v) is 4.27. The Labute approximate surface area is 158 Å². The number of nitrogens with zero attached hydrogens (tertiary/aromatic N) is 1. The van der Waals surface area contributed by atoms with E-state index in [-0.39, 0.29) is 17.5 Å². The van der Waals surface area contributed by atoms with E-state index in [4.69, 9.17) is 28.3 Å². The van der Waals surface area contributed by atoms with Gasteiger partial charge in [-0.3, -0.25) is 4.98 Å². The zero-order valence-corrected chi connectivity index (χ0v) is 16.1. The summed E-state index contributed by atoms with van der Waals surface area (Å²) in [5.74, 6) is 0. The summed E-state index contributed by atoms with van der Waals surface area (Å²) in [6.07, 6.45) is 3.36. The van der Waals surface area contributed by atoms with E-state index < -0.39 is 10.0 Å². The fraction of sp³-hybridized carbons (Fsp3) is 0.353. The molecule has 1 atom stereocenters. The van der Waals surface area contributed by atoms with Gasteiger partial charge < -0.3 is 5.11 Å². The molecule has 2 rings (SSSR count). The molecule has 2 N–H and O–H groups in total. The molecule has 0 radical (unpaired) electrons. The third-order valence-electron chi connectivity index (χ3n) is 3.68. The zero-order chi connectivity index (χ0) is 18.4. The molecule has 136 valence electrons. The van der Waals surface area contributed by atoms with Crippen LogP contribution in [0.3, 0.4) is 0 Å². The molecule has 8 heteroatoms. The molecule has 1 heterocycles. The minimum atomic E-state index is -3.66. The van der Waals surface area contributed by atoms with Crippen molar-refractivity contribution in [2.24, 2.45) is 0 Å². The van der Waals surface area contributed by atoms with E-state index in [2.05, 4.69) is 9.71 Å². The second-order valence-electron chi connectivity index (χ2n) is 5.63. The predicted molar refractivity (Wildman–Crippen MR) is 100 cm³/mol. The largest absolute Gasteiger partial charge is 0.396 e. The van der Waals surface area contributed by atoms with Crippen molar-refractivity contribution in [3.05, 3.63) is 46.6 Å². The highest BCUT2D eigenvalue weighted by molar-refractivity contribution is 7.89. The summed E-state index contributed by atoms with van der Waals surface area (Å²) < 4.78 is 27.6. The van der Waals surface area contributed by atoms with Crippen LogP contribution in [0.15, 0.2) is 41.4 Å². The average molecular weight is 403 g/mol. The maximum Gasteiger partial charge on any atom is 0.240 e. The minimum absolute atomic E-state index is 0.0626. The number of nitrogens with one attached hydrogen (secondary N) is 1. The van der Waals surface area contributed by atoms with Crippen molar-refractivity contribution >= 4 is 33.2 Å². The molecule has 1 aromatic heterocycles. The standard InChI is InChI=1S/C17H20Cl2N2O3S/c1-2-3-14(8-9-22)21-25(23,24)15-6-4-12(5-7-15)17-16(19)10-13(18)11-20-17/h4-7,10-11,14,21-22H,2-3,8-9H2,1H3/t14-/m1/s1. The van der Waals surface area contributed by atoms with E-state index >= 15 is 0 Å². The molecule has 0 fully saturated rings. The van der Waals surface area contributed by atoms with Gasteiger partial charge in [-0.2, -0.15) is 0 Å². The summed E-state index contributed by atoms with van der Waals surface area (Å²) in [5, 5.41) is 9.90. The van der Waals surface area contributed by atoms with Crippen molar-refractivity contribution in [3.8, 4) is 11.3 Å². The van der Waals surface area contributed by atoms with Crippen LogP contribution in [0.4, 0.5) is 0 Å². The lowest BCUT2D eigenvalue weighted by Crippen LogP contribution is -2.35. The molecule has 0 saturated carbocycles. The number of aliphatic hydroxyl groups excluding tert-OH is 1. The molecule has 0 saturated heterocycles. The molecule has 0 spiro atoms. The SMILES string of the molecule is CCC[C@H](CCO)NS(=O)(=O)c1ccc(-c2ncc(Cl)cc2Cl)cc1. The molecule has 25 heavy (non-hydrogen) atoms. The molecular formula is C17H20Cl2N2O3S. The third-order valence-corrected chi connectivity index (χ3v) is 5.71. The highest BCUT2D eigenvalue weighted by atomic mass is 35.5. The topological polar surface area (TPSA) is 79.3 Å². The van der Waals surface area contributed by atoms with Gasteiger partial charge in [-0.15, -0.1) is 0 Å². The minimum Gasteiger partial charge on any atom is -0.396 e. The zero-order valence-electron chi connectivity index (χ0n) is 13.7. The van der Waals surface area contributed by atoms with Gasteiger partial charge in [-0.1, -0.05) is 48.7 Å². The first kappa shape index (κ1) is 20.1. The summed E-state index contributed by atoms with van der Waals surface area (Å²) in [4.78, 5) is 4.33. The van der Waals surface area contributed by atoms with Crippen LogP contribution in [0.1, 0.15) is 26.2 Å². The molecule has 0 unspecified atom stereocenters. The number of sulfonamides is 1. The summed E-state index contributed by atoms with van der Waals surface area (Å²) in [7, 11) is -3.66. The number of hydrogen-bond acceptors (Lipinski definition) is 4. The molecular weight excluding hydrogens is 383 g/mol. The molecule has 0 aliphatic rings. The summed E-state index contributed by atoms with van der Waals surface area (Å²) in [6, 6.07) is 7.61. The normalized spacial score (nSPS) is 13.0. The van der Waals surface area contributed by atoms with Gasteiger partial charge in [0.25, 0.3) is 0 Å². The van der Waals surface area contributed by atoms with Gasteiger partial charge in [0.2, 0.25) is 10.0 Å². The van der Waals surface area contributed by atoms with Crippen LogP contribution < -0.4 is 4.72 Å². The van der Waals surface area contributed by atoms with Crippen molar-refractivity contribution in [2.45, 2.75) is 37.1 Å². The number of benzene rings is 1. The van der Waals surface area contributed by atoms with Gasteiger partial charge in [0.1, 0.15) is 0 Å². The van der Waals surface area contributed by atoms with Crippen LogP contribution in [-0.4, -0.2) is 31.2 Å². The summed E-state index contributed by atoms with van der Waals surface area (Å²) in [5.41, 5.74) is 1.23. The maximum absolute atomic E-state index is 12.5. The lowest BCUT2D eigenvalue weighted by molar-refractivity contribution is 0.268. The monoisotopic (exact) mass is 402 g/mol. The Balaban J connectivity index is 2.23. The Hall–Kier alpha value is -1.18. The van der Waals surface area contributed by atoms with E-state index in [1.807, 2.05) is 6.92 Å². The van der Waals surface area contributed by atoms with Gasteiger partial charge >= 0.3 is 0 Å². The number of rotatable bonds is 8. The van der Waals surface area contributed by atoms with Crippen molar-refractivity contribution in [1.82, 2.24) is 9.71 Å². The molecule has 0 amide bonds. The number of aromatic nitrogens is 1. The number of aliphatic hydroxyl groups is 1. The lowest BCUT2D eigenvalue weighted by Gasteiger charge is -2.17. The summed E-state index contributed by atoms with van der Waals surface area (Å²) in [6.45, 7) is 1.91. The van der Waals surface area contributed by atoms with E-state index in [0.29, 0.717) is 34.1 Å². The highest BCUT2D eigenvalue weighted by Gasteiger charge is 2.19. The molecule has 0 aliphatic carbocycles. The Morgan fingerprint density at radius 1 is 1.20 bits per heavy atom. The predicted octanol–water partition coefficient (Wildman–Crippen LogP) is 3.88. The van der Waals surface area contributed by atoms with Gasteiger partial charge in [0.05, 0.1) is 20.6 Å². The first-order valence-corrected chi connectivity index (χ1v) is 10.2. The highest BCUT2D eigenvalue weighted by Crippen LogP contribution is 2.28. The summed E-state index contributed by atoms with van der Waals surface area (Å²) >= 11 is 12.0. The van der Waals surface area contributed by atoms with Crippen LogP contribution in [0.5, 0.6) is 0 Å². The van der Waals surface area contributed by atoms with Gasteiger partial charge in [0.15, 0.2) is 0 Å². The van der Waals surface area contributed by atoms with Crippen molar-refractivity contribution in [1.29, 1.82) is 0 Å². The Kier molecular flexibility index (Phi) is 7.22. The van der Waals surface area contributed by atoms with Crippen molar-refractivity contribution in [3.63, 3.8) is 0 Å². The quantitative estimate of drug-likeness (QED) is 0.701. The van der Waals surface area contributed by atoms with Gasteiger partial charge in [-0.05, 0) is 31.0 Å². The van der Waals surface area contributed by atoms with Crippen molar-refractivity contribution in [2.75, 3.05) is 6.61 Å². The molecule has 5 nitrogen and oxygen atoms in total. The second-order valence-corrected chi connectivity index (χ2v) is 8.19. The molecule has 2 aromatic rings. The Bertz CT molecular complexity index is 805.